The van der Waals surface area contributed by atoms with E-state index in [1.165, 1.54) is 7.05 Å². The van der Waals surface area contributed by atoms with E-state index in [9.17, 15) is 4.79 Å². The van der Waals surface area contributed by atoms with Crippen LogP contribution in [0.15, 0.2) is 23.4 Å². The molecule has 0 radical (unpaired) electrons. The number of carbonyl (C=O) groups excluding carboxylic acids is 1. The van der Waals surface area contributed by atoms with E-state index in [0.717, 1.165) is 5.56 Å². The number of carbonyl (C=O) groups is 1. The summed E-state index contributed by atoms with van der Waals surface area (Å²) in [7, 11) is 1.46. The highest BCUT2D eigenvalue weighted by Crippen LogP contribution is 2.36. The highest BCUT2D eigenvalue weighted by atomic mass is 35.5. The molecule has 1 N–H and O–H groups in total. The van der Waals surface area contributed by atoms with Crippen LogP contribution in [0.4, 0.5) is 4.79 Å². The first-order chi connectivity index (χ1) is 8.44. The van der Waals surface area contributed by atoms with Crippen LogP contribution in [0.1, 0.15) is 19.4 Å². The summed E-state index contributed by atoms with van der Waals surface area (Å²) in [6, 6.07) is 5.23. The van der Waals surface area contributed by atoms with Gasteiger partial charge in [-0.2, -0.15) is 0 Å². The maximum atomic E-state index is 11.1. The minimum Gasteiger partial charge on any atom is -0.481 e. The lowest BCUT2D eigenvalue weighted by atomic mass is 9.99. The van der Waals surface area contributed by atoms with Gasteiger partial charge in [0.2, 0.25) is 0 Å². The number of hydrogen-bond donors (Lipinski definition) is 1. The standard InChI is InChI=1S/C12H13ClN2O3/c1-12(2)10(15-18-11(16)14-3)8-6-7(13)4-5-9(8)17-12/h4-6H,1-3H3,(H,14,16)/b15-10-. The maximum absolute atomic E-state index is 11.1. The Kier molecular flexibility index (Phi) is 3.17. The van der Waals surface area contributed by atoms with Gasteiger partial charge in [0.05, 0.1) is 0 Å². The van der Waals surface area contributed by atoms with E-state index in [0.29, 0.717) is 16.5 Å². The Hall–Kier alpha value is -1.75. The molecule has 6 heteroatoms. The van der Waals surface area contributed by atoms with Gasteiger partial charge in [0, 0.05) is 17.6 Å². The van der Waals surface area contributed by atoms with Gasteiger partial charge < -0.3 is 10.1 Å². The summed E-state index contributed by atoms with van der Waals surface area (Å²) in [6.07, 6.45) is -0.631. The first kappa shape index (κ1) is 12.7. The molecule has 1 amide bonds. The number of amides is 1. The first-order valence-electron chi connectivity index (χ1n) is 5.40. The average molecular weight is 269 g/mol. The zero-order chi connectivity index (χ0) is 13.3. The van der Waals surface area contributed by atoms with Crippen LogP contribution in [-0.2, 0) is 4.84 Å². The molecule has 0 atom stereocenters. The number of ether oxygens (including phenoxy) is 1. The Bertz CT molecular complexity index is 526. The van der Waals surface area contributed by atoms with Gasteiger partial charge in [-0.05, 0) is 32.0 Å². The number of fused-ring (bicyclic) bond motifs is 1. The van der Waals surface area contributed by atoms with E-state index < -0.39 is 11.7 Å². The van der Waals surface area contributed by atoms with Crippen LogP contribution < -0.4 is 10.1 Å². The van der Waals surface area contributed by atoms with Gasteiger partial charge in [0.15, 0.2) is 0 Å². The van der Waals surface area contributed by atoms with Crippen LogP contribution in [0, 0.1) is 0 Å². The van der Waals surface area contributed by atoms with Crippen molar-refractivity contribution >= 4 is 23.4 Å². The highest BCUT2D eigenvalue weighted by molar-refractivity contribution is 6.31. The zero-order valence-corrected chi connectivity index (χ0v) is 11.0. The molecule has 0 fully saturated rings. The fourth-order valence-corrected chi connectivity index (χ4v) is 1.89. The fraction of sp³-hybridized carbons (Fsp3) is 0.333. The van der Waals surface area contributed by atoms with Crippen molar-refractivity contribution in [3.63, 3.8) is 0 Å². The predicted octanol–water partition coefficient (Wildman–Crippen LogP) is 2.57. The molecule has 1 aromatic carbocycles. The molecule has 0 bridgehead atoms. The van der Waals surface area contributed by atoms with Crippen LogP contribution in [0.5, 0.6) is 5.75 Å². The number of hydrogen-bond acceptors (Lipinski definition) is 4. The largest absolute Gasteiger partial charge is 0.481 e. The SMILES string of the molecule is CNC(=O)O/N=C1/c2cc(Cl)ccc2OC1(C)C. The Balaban J connectivity index is 2.39. The molecular weight excluding hydrogens is 256 g/mol. The Morgan fingerprint density at radius 3 is 2.89 bits per heavy atom. The van der Waals surface area contributed by atoms with Crippen LogP contribution in [0.2, 0.25) is 5.02 Å². The van der Waals surface area contributed by atoms with Crippen LogP contribution in [0.3, 0.4) is 0 Å². The topological polar surface area (TPSA) is 59.9 Å². The van der Waals surface area contributed by atoms with Crippen molar-refractivity contribution in [3.8, 4) is 5.75 Å². The summed E-state index contributed by atoms with van der Waals surface area (Å²) in [4.78, 5) is 15.8. The molecule has 1 aliphatic heterocycles. The van der Waals surface area contributed by atoms with Gasteiger partial charge in [-0.1, -0.05) is 16.8 Å². The average Bonchev–Trinajstić information content (AvgIpc) is 2.56. The van der Waals surface area contributed by atoms with Gasteiger partial charge >= 0.3 is 6.09 Å². The van der Waals surface area contributed by atoms with Gasteiger partial charge in [0.1, 0.15) is 17.1 Å². The highest BCUT2D eigenvalue weighted by Gasteiger charge is 2.38. The monoisotopic (exact) mass is 268 g/mol. The number of halogens is 1. The van der Waals surface area contributed by atoms with Crippen LogP contribution in [-0.4, -0.2) is 24.5 Å². The molecular formula is C12H13ClN2O3. The summed E-state index contributed by atoms with van der Waals surface area (Å²) in [6.45, 7) is 3.68. The predicted molar refractivity (Wildman–Crippen MR) is 68.2 cm³/mol. The number of nitrogens with one attached hydrogen (secondary N) is 1. The van der Waals surface area contributed by atoms with E-state index in [2.05, 4.69) is 10.5 Å². The molecule has 0 unspecified atom stereocenters. The Morgan fingerprint density at radius 2 is 2.22 bits per heavy atom. The molecule has 0 spiro atoms. The molecule has 1 aliphatic rings. The van der Waals surface area contributed by atoms with E-state index in [1.54, 1.807) is 18.2 Å². The lowest BCUT2D eigenvalue weighted by Gasteiger charge is -2.17. The third-order valence-electron chi connectivity index (χ3n) is 2.56. The van der Waals surface area contributed by atoms with Gasteiger partial charge in [-0.25, -0.2) is 4.79 Å². The molecule has 0 saturated heterocycles. The van der Waals surface area contributed by atoms with Crippen molar-refractivity contribution in [2.24, 2.45) is 5.16 Å². The quantitative estimate of drug-likeness (QED) is 0.629. The molecule has 1 aromatic rings. The van der Waals surface area contributed by atoms with Gasteiger partial charge in [-0.15, -0.1) is 0 Å². The van der Waals surface area contributed by atoms with Crippen molar-refractivity contribution in [2.75, 3.05) is 7.05 Å². The fourth-order valence-electron chi connectivity index (χ4n) is 1.72. The Morgan fingerprint density at radius 1 is 1.50 bits per heavy atom. The summed E-state index contributed by atoms with van der Waals surface area (Å²) < 4.78 is 5.73. The van der Waals surface area contributed by atoms with E-state index in [4.69, 9.17) is 21.2 Å². The second kappa shape index (κ2) is 4.49. The summed E-state index contributed by atoms with van der Waals surface area (Å²) in [5, 5.41) is 6.74. The van der Waals surface area contributed by atoms with Gasteiger partial charge in [0.25, 0.3) is 0 Å². The lowest BCUT2D eigenvalue weighted by molar-refractivity contribution is 0.147. The van der Waals surface area contributed by atoms with Crippen LogP contribution in [0.25, 0.3) is 0 Å². The minimum absolute atomic E-state index is 0.531. The minimum atomic E-state index is -0.666. The number of rotatable bonds is 1. The van der Waals surface area contributed by atoms with Crippen LogP contribution >= 0.6 is 11.6 Å². The second-order valence-corrected chi connectivity index (χ2v) is 4.76. The smallest absolute Gasteiger partial charge is 0.433 e. The van der Waals surface area contributed by atoms with E-state index >= 15 is 0 Å². The van der Waals surface area contributed by atoms with Crippen molar-refractivity contribution in [1.82, 2.24) is 5.32 Å². The van der Waals surface area contributed by atoms with E-state index in [-0.39, 0.29) is 0 Å². The third kappa shape index (κ3) is 2.26. The summed E-state index contributed by atoms with van der Waals surface area (Å²) >= 11 is 5.94. The summed E-state index contributed by atoms with van der Waals surface area (Å²) in [5.74, 6) is 0.670. The molecule has 0 aliphatic carbocycles. The molecule has 5 nitrogen and oxygen atoms in total. The number of nitrogens with zero attached hydrogens (tertiary/aromatic N) is 1. The normalized spacial score (nSPS) is 18.1. The molecule has 96 valence electrons. The summed E-state index contributed by atoms with van der Waals surface area (Å²) in [5.41, 5.74) is 0.598. The number of oxime groups is 1. The van der Waals surface area contributed by atoms with Crippen molar-refractivity contribution in [2.45, 2.75) is 19.4 Å². The Labute approximate surface area is 110 Å². The number of benzene rings is 1. The molecule has 2 rings (SSSR count). The van der Waals surface area contributed by atoms with Crippen molar-refractivity contribution in [1.29, 1.82) is 0 Å². The molecule has 18 heavy (non-hydrogen) atoms. The zero-order valence-electron chi connectivity index (χ0n) is 10.3. The maximum Gasteiger partial charge on any atom is 0.433 e. The van der Waals surface area contributed by atoms with Gasteiger partial charge in [-0.3, -0.25) is 4.84 Å². The third-order valence-corrected chi connectivity index (χ3v) is 2.79. The lowest BCUT2D eigenvalue weighted by Crippen LogP contribution is -2.33. The van der Waals surface area contributed by atoms with Crippen molar-refractivity contribution < 1.29 is 14.4 Å². The molecule has 1 heterocycles. The van der Waals surface area contributed by atoms with E-state index in [1.807, 2.05) is 13.8 Å². The molecule has 0 aromatic heterocycles. The first-order valence-corrected chi connectivity index (χ1v) is 5.78. The molecule has 0 saturated carbocycles. The van der Waals surface area contributed by atoms with Crippen molar-refractivity contribution in [3.05, 3.63) is 28.8 Å². The second-order valence-electron chi connectivity index (χ2n) is 4.32.